The van der Waals surface area contributed by atoms with Crippen LogP contribution in [-0.4, -0.2) is 59.0 Å². The lowest BCUT2D eigenvalue weighted by Gasteiger charge is -2.23. The first kappa shape index (κ1) is 16.2. The summed E-state index contributed by atoms with van der Waals surface area (Å²) >= 11 is 0. The number of amides is 1. The third-order valence-electron chi connectivity index (χ3n) is 5.02. The predicted octanol–water partition coefficient (Wildman–Crippen LogP) is 1.29. The molecule has 2 heterocycles. The van der Waals surface area contributed by atoms with Crippen LogP contribution < -0.4 is 0 Å². The molecule has 0 aromatic carbocycles. The fraction of sp³-hybridized carbons (Fsp3) is 0.867. The zero-order valence-electron chi connectivity index (χ0n) is 13.5. The molecule has 3 fully saturated rings. The van der Waals surface area contributed by atoms with Gasteiger partial charge in [0.05, 0.1) is 12.7 Å². The lowest BCUT2D eigenvalue weighted by molar-refractivity contribution is -0.486. The highest BCUT2D eigenvalue weighted by molar-refractivity contribution is 5.99. The molecule has 0 bridgehead atoms. The van der Waals surface area contributed by atoms with Crippen LogP contribution in [0.1, 0.15) is 39.0 Å². The molecule has 2 saturated heterocycles. The lowest BCUT2D eigenvalue weighted by atomic mass is 10.1. The molecule has 128 valence electrons. The van der Waals surface area contributed by atoms with Crippen molar-refractivity contribution < 1.29 is 14.6 Å². The summed E-state index contributed by atoms with van der Waals surface area (Å²) in [5.41, 5.74) is 0. The molecular weight excluding hydrogens is 300 g/mol. The summed E-state index contributed by atoms with van der Waals surface area (Å²) in [6, 6.07) is 0. The SMILES string of the molecule is CC1CC(CN2CCN(C(=O)C3CCCC3)C2=N[N+](=O)[O-])CO1. The van der Waals surface area contributed by atoms with E-state index in [1.807, 2.05) is 11.8 Å². The number of hydrogen-bond donors (Lipinski definition) is 0. The first-order valence-electron chi connectivity index (χ1n) is 8.45. The van der Waals surface area contributed by atoms with Gasteiger partial charge in [-0.3, -0.25) is 9.69 Å². The fourth-order valence-electron chi connectivity index (χ4n) is 3.90. The molecule has 1 amide bonds. The number of hydrazone groups is 1. The molecular formula is C15H24N4O4. The van der Waals surface area contributed by atoms with Crippen LogP contribution >= 0.6 is 0 Å². The lowest BCUT2D eigenvalue weighted by Crippen LogP contribution is -2.42. The van der Waals surface area contributed by atoms with Crippen molar-refractivity contribution in [3.8, 4) is 0 Å². The molecule has 1 aliphatic carbocycles. The minimum atomic E-state index is -0.698. The number of carbonyl (C=O) groups excluding carboxylic acids is 1. The molecule has 3 aliphatic rings. The van der Waals surface area contributed by atoms with Gasteiger partial charge in [0.1, 0.15) is 5.10 Å². The molecule has 0 N–H and O–H groups in total. The Morgan fingerprint density at radius 3 is 2.74 bits per heavy atom. The first-order valence-corrected chi connectivity index (χ1v) is 8.45. The summed E-state index contributed by atoms with van der Waals surface area (Å²) in [6.07, 6.45) is 5.07. The summed E-state index contributed by atoms with van der Waals surface area (Å²) in [5, 5.41) is 13.7. The number of hydrogen-bond acceptors (Lipinski definition) is 4. The van der Waals surface area contributed by atoms with E-state index in [1.54, 1.807) is 0 Å². The molecule has 2 aliphatic heterocycles. The molecule has 2 atom stereocenters. The Hall–Kier alpha value is -1.70. The van der Waals surface area contributed by atoms with Crippen molar-refractivity contribution in [2.24, 2.45) is 16.9 Å². The first-order chi connectivity index (χ1) is 11.0. The third kappa shape index (κ3) is 3.63. The second-order valence-electron chi connectivity index (χ2n) is 6.80. The summed E-state index contributed by atoms with van der Waals surface area (Å²) in [6.45, 7) is 4.46. The Bertz CT molecular complexity index is 504. The van der Waals surface area contributed by atoms with Crippen molar-refractivity contribution in [2.75, 3.05) is 26.2 Å². The van der Waals surface area contributed by atoms with Gasteiger partial charge in [0, 0.05) is 31.5 Å². The second kappa shape index (κ2) is 6.82. The number of carbonyl (C=O) groups is 1. The van der Waals surface area contributed by atoms with Crippen molar-refractivity contribution >= 4 is 11.9 Å². The predicted molar refractivity (Wildman–Crippen MR) is 83.2 cm³/mol. The molecule has 0 aromatic heterocycles. The van der Waals surface area contributed by atoms with Crippen LogP contribution in [-0.2, 0) is 9.53 Å². The van der Waals surface area contributed by atoms with Crippen LogP contribution in [0.5, 0.6) is 0 Å². The standard InChI is InChI=1S/C15H24N4O4/c1-11-8-12(10-23-11)9-17-6-7-18(15(17)16-19(21)22)14(20)13-4-2-3-5-13/h11-13H,2-10H2,1H3. The van der Waals surface area contributed by atoms with Crippen LogP contribution in [0.15, 0.2) is 5.10 Å². The summed E-state index contributed by atoms with van der Waals surface area (Å²) in [4.78, 5) is 27.0. The number of rotatable bonds is 4. The van der Waals surface area contributed by atoms with E-state index in [0.29, 0.717) is 32.2 Å². The number of guanidine groups is 1. The van der Waals surface area contributed by atoms with Crippen molar-refractivity contribution in [1.29, 1.82) is 0 Å². The van der Waals surface area contributed by atoms with Gasteiger partial charge < -0.3 is 9.64 Å². The van der Waals surface area contributed by atoms with E-state index in [9.17, 15) is 14.9 Å². The van der Waals surface area contributed by atoms with Crippen LogP contribution in [0.2, 0.25) is 0 Å². The zero-order chi connectivity index (χ0) is 16.4. The quantitative estimate of drug-likeness (QED) is 0.574. The highest BCUT2D eigenvalue weighted by atomic mass is 16.7. The van der Waals surface area contributed by atoms with Gasteiger partial charge in [-0.2, -0.15) is 0 Å². The zero-order valence-corrected chi connectivity index (χ0v) is 13.5. The van der Waals surface area contributed by atoms with Gasteiger partial charge in [-0.05, 0) is 26.2 Å². The van der Waals surface area contributed by atoms with E-state index in [2.05, 4.69) is 5.10 Å². The molecule has 1 saturated carbocycles. The minimum Gasteiger partial charge on any atom is -0.378 e. The normalized spacial score (nSPS) is 30.6. The molecule has 8 heteroatoms. The molecule has 0 radical (unpaired) electrons. The summed E-state index contributed by atoms with van der Waals surface area (Å²) in [5.74, 6) is 0.554. The average molecular weight is 324 g/mol. The van der Waals surface area contributed by atoms with Gasteiger partial charge in [0.25, 0.3) is 5.96 Å². The van der Waals surface area contributed by atoms with Gasteiger partial charge in [-0.15, -0.1) is 0 Å². The summed E-state index contributed by atoms with van der Waals surface area (Å²) < 4.78 is 5.57. The Kier molecular flexibility index (Phi) is 4.79. The van der Waals surface area contributed by atoms with Gasteiger partial charge in [0.2, 0.25) is 5.91 Å². The monoisotopic (exact) mass is 324 g/mol. The Morgan fingerprint density at radius 2 is 2.13 bits per heavy atom. The number of nitro groups is 1. The molecule has 8 nitrogen and oxygen atoms in total. The van der Waals surface area contributed by atoms with Crippen molar-refractivity contribution in [3.63, 3.8) is 0 Å². The van der Waals surface area contributed by atoms with E-state index in [0.717, 1.165) is 32.1 Å². The van der Waals surface area contributed by atoms with Crippen molar-refractivity contribution in [2.45, 2.75) is 45.1 Å². The maximum Gasteiger partial charge on any atom is 0.280 e. The van der Waals surface area contributed by atoms with Gasteiger partial charge >= 0.3 is 0 Å². The van der Waals surface area contributed by atoms with Gasteiger partial charge in [0.15, 0.2) is 5.03 Å². The molecule has 23 heavy (non-hydrogen) atoms. The van der Waals surface area contributed by atoms with Crippen LogP contribution in [0, 0.1) is 22.0 Å². The number of nitrogens with zero attached hydrogens (tertiary/aromatic N) is 4. The minimum absolute atomic E-state index is 0.00152. The van der Waals surface area contributed by atoms with Gasteiger partial charge in [-0.25, -0.2) is 10.1 Å². The van der Waals surface area contributed by atoms with Crippen LogP contribution in [0.25, 0.3) is 0 Å². The number of ether oxygens (including phenoxy) is 1. The van der Waals surface area contributed by atoms with Crippen LogP contribution in [0.3, 0.4) is 0 Å². The van der Waals surface area contributed by atoms with E-state index < -0.39 is 5.03 Å². The Morgan fingerprint density at radius 1 is 1.39 bits per heavy atom. The smallest absolute Gasteiger partial charge is 0.280 e. The highest BCUT2D eigenvalue weighted by Gasteiger charge is 2.39. The van der Waals surface area contributed by atoms with E-state index >= 15 is 0 Å². The van der Waals surface area contributed by atoms with Crippen molar-refractivity contribution in [1.82, 2.24) is 9.80 Å². The third-order valence-corrected chi connectivity index (χ3v) is 5.02. The van der Waals surface area contributed by atoms with Crippen LogP contribution in [0.4, 0.5) is 0 Å². The average Bonchev–Trinajstić information content (AvgIpc) is 3.21. The second-order valence-corrected chi connectivity index (χ2v) is 6.80. The van der Waals surface area contributed by atoms with E-state index in [1.165, 1.54) is 4.90 Å². The van der Waals surface area contributed by atoms with Crippen molar-refractivity contribution in [3.05, 3.63) is 10.1 Å². The topological polar surface area (TPSA) is 88.3 Å². The summed E-state index contributed by atoms with van der Waals surface area (Å²) in [7, 11) is 0. The van der Waals surface area contributed by atoms with Gasteiger partial charge in [-0.1, -0.05) is 12.8 Å². The Balaban J connectivity index is 1.71. The maximum atomic E-state index is 12.6. The molecule has 0 aromatic rings. The molecule has 0 spiro atoms. The maximum absolute atomic E-state index is 12.6. The molecule has 2 unspecified atom stereocenters. The highest BCUT2D eigenvalue weighted by Crippen LogP contribution is 2.29. The molecule has 3 rings (SSSR count). The Labute approximate surface area is 135 Å². The fourth-order valence-corrected chi connectivity index (χ4v) is 3.90. The van der Waals surface area contributed by atoms with E-state index in [4.69, 9.17) is 4.74 Å². The largest absolute Gasteiger partial charge is 0.378 e. The van der Waals surface area contributed by atoms with E-state index in [-0.39, 0.29) is 23.9 Å².